The summed E-state index contributed by atoms with van der Waals surface area (Å²) >= 11 is 1.50. The summed E-state index contributed by atoms with van der Waals surface area (Å²) in [6.45, 7) is 7.89. The van der Waals surface area contributed by atoms with Crippen molar-refractivity contribution in [2.75, 3.05) is 0 Å². The predicted molar refractivity (Wildman–Crippen MR) is 156 cm³/mol. The number of fused-ring (bicyclic) bond motifs is 2. The highest BCUT2D eigenvalue weighted by atomic mass is 32.1. The van der Waals surface area contributed by atoms with Crippen molar-refractivity contribution in [3.05, 3.63) is 93.6 Å². The lowest BCUT2D eigenvalue weighted by Gasteiger charge is -2.29. The molecule has 0 N–H and O–H groups in total. The van der Waals surface area contributed by atoms with Gasteiger partial charge in [-0.3, -0.25) is 14.4 Å². The lowest BCUT2D eigenvalue weighted by atomic mass is 9.94. The minimum atomic E-state index is -0.793. The zero-order chi connectivity index (χ0) is 29.0. The van der Waals surface area contributed by atoms with Crippen LogP contribution in [0.15, 0.2) is 76.7 Å². The van der Waals surface area contributed by atoms with Crippen LogP contribution < -0.4 is 5.43 Å². The first-order chi connectivity index (χ1) is 19.0. The summed E-state index contributed by atoms with van der Waals surface area (Å²) in [5.41, 5.74) is 2.50. The normalized spacial score (nSPS) is 12.4. The second kappa shape index (κ2) is 12.2. The van der Waals surface area contributed by atoms with Crippen LogP contribution in [0.4, 0.5) is 0 Å². The van der Waals surface area contributed by atoms with E-state index in [-0.39, 0.29) is 11.8 Å². The third kappa shape index (κ3) is 6.43. The molecule has 1 amide bonds. The van der Waals surface area contributed by atoms with E-state index in [2.05, 4.69) is 19.0 Å². The number of nitrogens with zero attached hydrogens (tertiary/aromatic N) is 2. The number of rotatable bonds is 7. The van der Waals surface area contributed by atoms with Gasteiger partial charge in [0.05, 0.1) is 5.71 Å². The molecule has 1 unspecified atom stereocenters. The van der Waals surface area contributed by atoms with Crippen molar-refractivity contribution in [1.82, 2.24) is 5.06 Å². The molecule has 1 atom stereocenters. The number of hydrogen-bond donors (Lipinski definition) is 0. The molecule has 206 valence electrons. The number of hydroxylamine groups is 2. The smallest absolute Gasteiger partial charge is 0.331 e. The van der Waals surface area contributed by atoms with Gasteiger partial charge in [0.1, 0.15) is 6.04 Å². The molecule has 0 radical (unpaired) electrons. The minimum Gasteiger partial charge on any atom is -0.338 e. The standard InChI is InChI=1S/C31H30N2O6S/c1-18(2)22-10-12-23(13-11-22)28(33(19(3)34)39-21(5)36)17-27(32-38-20(4)35)24-14-15-30-26(16-24)31(37)25-8-6-7-9-29(25)40-30/h6-16,18,28H,17H2,1-5H3. The van der Waals surface area contributed by atoms with Crippen molar-refractivity contribution in [2.45, 2.75) is 53.0 Å². The Morgan fingerprint density at radius 1 is 0.850 bits per heavy atom. The predicted octanol–water partition coefficient (Wildman–Crippen LogP) is 6.26. The van der Waals surface area contributed by atoms with Gasteiger partial charge in [-0.2, -0.15) is 5.06 Å². The van der Waals surface area contributed by atoms with Gasteiger partial charge in [0.2, 0.25) is 0 Å². The number of oxime groups is 1. The van der Waals surface area contributed by atoms with Crippen molar-refractivity contribution in [1.29, 1.82) is 0 Å². The molecule has 4 aromatic rings. The van der Waals surface area contributed by atoms with E-state index in [9.17, 15) is 19.2 Å². The van der Waals surface area contributed by atoms with E-state index in [1.165, 1.54) is 32.1 Å². The zero-order valence-electron chi connectivity index (χ0n) is 23.0. The molecule has 0 saturated carbocycles. The van der Waals surface area contributed by atoms with Gasteiger partial charge in [-0.15, -0.1) is 11.3 Å². The van der Waals surface area contributed by atoms with Crippen molar-refractivity contribution in [3.63, 3.8) is 0 Å². The number of benzene rings is 3. The van der Waals surface area contributed by atoms with Crippen LogP contribution in [-0.4, -0.2) is 28.6 Å². The highest BCUT2D eigenvalue weighted by Gasteiger charge is 2.29. The van der Waals surface area contributed by atoms with Crippen LogP contribution in [0.1, 0.15) is 69.7 Å². The maximum Gasteiger partial charge on any atom is 0.331 e. The second-order valence-electron chi connectivity index (χ2n) is 9.73. The molecule has 1 heterocycles. The van der Waals surface area contributed by atoms with E-state index >= 15 is 0 Å². The molecule has 3 aromatic carbocycles. The van der Waals surface area contributed by atoms with Crippen LogP contribution in [0.5, 0.6) is 0 Å². The Hall–Kier alpha value is -4.37. The second-order valence-corrected chi connectivity index (χ2v) is 10.8. The zero-order valence-corrected chi connectivity index (χ0v) is 23.8. The number of carbonyl (C=O) groups excluding carboxylic acids is 3. The van der Waals surface area contributed by atoms with E-state index in [1.54, 1.807) is 18.2 Å². The van der Waals surface area contributed by atoms with E-state index in [1.807, 2.05) is 48.5 Å². The quantitative estimate of drug-likeness (QED) is 0.115. The molecular formula is C31H30N2O6S. The summed E-state index contributed by atoms with van der Waals surface area (Å²) in [4.78, 5) is 60.1. The van der Waals surface area contributed by atoms with E-state index in [0.717, 1.165) is 20.0 Å². The van der Waals surface area contributed by atoms with Crippen molar-refractivity contribution >= 4 is 55.1 Å². The Morgan fingerprint density at radius 2 is 1.50 bits per heavy atom. The molecule has 4 rings (SSSR count). The van der Waals surface area contributed by atoms with Gasteiger partial charge in [-0.05, 0) is 41.3 Å². The van der Waals surface area contributed by atoms with Crippen LogP contribution in [0, 0.1) is 0 Å². The van der Waals surface area contributed by atoms with Gasteiger partial charge in [0, 0.05) is 52.9 Å². The number of hydrogen-bond acceptors (Lipinski definition) is 8. The average Bonchev–Trinajstić information content (AvgIpc) is 2.92. The molecule has 0 spiro atoms. The summed E-state index contributed by atoms with van der Waals surface area (Å²) in [6, 6.07) is 19.6. The molecule has 1 aromatic heterocycles. The molecular weight excluding hydrogens is 528 g/mol. The van der Waals surface area contributed by atoms with Gasteiger partial charge < -0.3 is 9.68 Å². The lowest BCUT2D eigenvalue weighted by Crippen LogP contribution is -2.36. The summed E-state index contributed by atoms with van der Waals surface area (Å²) in [7, 11) is 0. The highest BCUT2D eigenvalue weighted by molar-refractivity contribution is 7.24. The van der Waals surface area contributed by atoms with Crippen LogP contribution in [0.25, 0.3) is 20.2 Å². The third-order valence-corrected chi connectivity index (χ3v) is 7.54. The van der Waals surface area contributed by atoms with Crippen LogP contribution >= 0.6 is 11.3 Å². The van der Waals surface area contributed by atoms with E-state index in [4.69, 9.17) is 9.68 Å². The van der Waals surface area contributed by atoms with Gasteiger partial charge >= 0.3 is 11.9 Å². The molecule has 40 heavy (non-hydrogen) atoms. The Balaban J connectivity index is 1.85. The maximum absolute atomic E-state index is 13.3. The fourth-order valence-corrected chi connectivity index (χ4v) is 5.47. The Kier molecular flexibility index (Phi) is 8.74. The van der Waals surface area contributed by atoms with Crippen molar-refractivity contribution in [2.24, 2.45) is 5.16 Å². The van der Waals surface area contributed by atoms with Crippen LogP contribution in [0.2, 0.25) is 0 Å². The number of carbonyl (C=O) groups is 3. The maximum atomic E-state index is 13.3. The molecule has 0 aliphatic carbocycles. The summed E-state index contributed by atoms with van der Waals surface area (Å²) in [5, 5.41) is 6.23. The number of amides is 1. The lowest BCUT2D eigenvalue weighted by molar-refractivity contribution is -0.204. The van der Waals surface area contributed by atoms with Crippen molar-refractivity contribution in [3.8, 4) is 0 Å². The Bertz CT molecular complexity index is 1670. The topological polar surface area (TPSA) is 102 Å². The third-order valence-electron chi connectivity index (χ3n) is 6.39. The van der Waals surface area contributed by atoms with Crippen molar-refractivity contribution < 1.29 is 24.1 Å². The summed E-state index contributed by atoms with van der Waals surface area (Å²) in [6.07, 6.45) is 0.0257. The highest BCUT2D eigenvalue weighted by Crippen LogP contribution is 2.31. The fraction of sp³-hybridized carbons (Fsp3) is 0.258. The summed E-state index contributed by atoms with van der Waals surface area (Å²) in [5.74, 6) is -1.49. The molecule has 8 nitrogen and oxygen atoms in total. The Labute approximate surface area is 235 Å². The fourth-order valence-electron chi connectivity index (χ4n) is 4.42. The molecule has 0 saturated heterocycles. The van der Waals surface area contributed by atoms with Gasteiger partial charge in [-0.1, -0.05) is 61.5 Å². The molecule has 9 heteroatoms. The Morgan fingerprint density at radius 3 is 2.12 bits per heavy atom. The van der Waals surface area contributed by atoms with Gasteiger partial charge in [-0.25, -0.2) is 4.79 Å². The van der Waals surface area contributed by atoms with Crippen LogP contribution in [0.3, 0.4) is 0 Å². The summed E-state index contributed by atoms with van der Waals surface area (Å²) < 4.78 is 1.68. The van der Waals surface area contributed by atoms with Gasteiger partial charge in [0.25, 0.3) is 5.91 Å². The molecule has 0 aliphatic heterocycles. The first kappa shape index (κ1) is 28.6. The SMILES string of the molecule is CC(=O)ON=C(CC(c1ccc(C(C)C)cc1)N(OC(C)=O)C(C)=O)c1ccc2sc3ccccc3c(=O)c2c1. The largest absolute Gasteiger partial charge is 0.338 e. The van der Waals surface area contributed by atoms with E-state index < -0.39 is 23.9 Å². The first-order valence-electron chi connectivity index (χ1n) is 12.8. The van der Waals surface area contributed by atoms with Gasteiger partial charge in [0.15, 0.2) is 5.43 Å². The molecule has 0 bridgehead atoms. The molecule has 0 aliphatic rings. The molecule has 0 fully saturated rings. The van der Waals surface area contributed by atoms with E-state index in [0.29, 0.717) is 33.5 Å². The minimum absolute atomic E-state index is 0.0257. The van der Waals surface area contributed by atoms with Crippen LogP contribution in [-0.2, 0) is 24.1 Å². The first-order valence-corrected chi connectivity index (χ1v) is 13.7. The monoisotopic (exact) mass is 558 g/mol. The average molecular weight is 559 g/mol.